The fourth-order valence-corrected chi connectivity index (χ4v) is 4.95. The van der Waals surface area contributed by atoms with Crippen molar-refractivity contribution in [2.75, 3.05) is 24.2 Å². The van der Waals surface area contributed by atoms with Crippen molar-refractivity contribution in [3.05, 3.63) is 57.8 Å². The van der Waals surface area contributed by atoms with Crippen LogP contribution in [0, 0.1) is 11.6 Å². The van der Waals surface area contributed by atoms with E-state index in [0.29, 0.717) is 16.5 Å². The minimum absolute atomic E-state index is 0.0411. The second-order valence-corrected chi connectivity index (χ2v) is 9.16. The van der Waals surface area contributed by atoms with Gasteiger partial charge in [-0.25, -0.2) is 23.7 Å². The Balaban J connectivity index is 1.33. The molecule has 3 aromatic rings. The van der Waals surface area contributed by atoms with Crippen LogP contribution in [-0.2, 0) is 13.0 Å². The molecule has 0 amide bonds. The van der Waals surface area contributed by atoms with Crippen molar-refractivity contribution in [3.63, 3.8) is 0 Å². The lowest BCUT2D eigenvalue weighted by Crippen LogP contribution is -2.34. The Kier molecular flexibility index (Phi) is 7.02. The van der Waals surface area contributed by atoms with Crippen LogP contribution in [0.2, 0.25) is 0 Å². The van der Waals surface area contributed by atoms with Crippen LogP contribution in [0.3, 0.4) is 0 Å². The molecule has 1 fully saturated rings. The highest BCUT2D eigenvalue weighted by Crippen LogP contribution is 2.32. The van der Waals surface area contributed by atoms with Gasteiger partial charge in [0, 0.05) is 41.7 Å². The SMILES string of the molecule is CCc1cnc(N2CCC(c3nc(COc4c(F)cc(SC)cc4F)cs3)CC2)nc1. The van der Waals surface area contributed by atoms with Gasteiger partial charge in [0.15, 0.2) is 17.4 Å². The van der Waals surface area contributed by atoms with Gasteiger partial charge in [0.2, 0.25) is 5.95 Å². The Morgan fingerprint density at radius 3 is 2.45 bits per heavy atom. The van der Waals surface area contributed by atoms with Crippen LogP contribution in [-0.4, -0.2) is 34.3 Å². The molecule has 1 aromatic carbocycles. The van der Waals surface area contributed by atoms with Gasteiger partial charge in [-0.05, 0) is 43.2 Å². The summed E-state index contributed by atoms with van der Waals surface area (Å²) < 4.78 is 33.6. The van der Waals surface area contributed by atoms with E-state index >= 15 is 0 Å². The zero-order valence-electron chi connectivity index (χ0n) is 17.5. The van der Waals surface area contributed by atoms with E-state index in [4.69, 9.17) is 4.74 Å². The molecule has 2 aromatic heterocycles. The first-order valence-electron chi connectivity index (χ1n) is 10.2. The Morgan fingerprint density at radius 1 is 1.16 bits per heavy atom. The van der Waals surface area contributed by atoms with Crippen LogP contribution in [0.25, 0.3) is 0 Å². The lowest BCUT2D eigenvalue weighted by molar-refractivity contribution is 0.269. The molecule has 0 unspecified atom stereocenters. The molecule has 31 heavy (non-hydrogen) atoms. The number of piperidine rings is 1. The monoisotopic (exact) mass is 462 g/mol. The van der Waals surface area contributed by atoms with Crippen LogP contribution in [0.15, 0.2) is 34.8 Å². The summed E-state index contributed by atoms with van der Waals surface area (Å²) in [7, 11) is 0. The van der Waals surface area contributed by atoms with Crippen molar-refractivity contribution in [1.29, 1.82) is 0 Å². The summed E-state index contributed by atoms with van der Waals surface area (Å²) in [5.74, 6) is -0.600. The number of thiazole rings is 1. The van der Waals surface area contributed by atoms with Gasteiger partial charge < -0.3 is 9.64 Å². The predicted molar refractivity (Wildman–Crippen MR) is 120 cm³/mol. The van der Waals surface area contributed by atoms with E-state index in [9.17, 15) is 8.78 Å². The quantitative estimate of drug-likeness (QED) is 0.435. The van der Waals surface area contributed by atoms with Crippen molar-refractivity contribution in [2.24, 2.45) is 0 Å². The van der Waals surface area contributed by atoms with Crippen molar-refractivity contribution in [1.82, 2.24) is 15.0 Å². The van der Waals surface area contributed by atoms with E-state index in [0.717, 1.165) is 48.9 Å². The summed E-state index contributed by atoms with van der Waals surface area (Å²) in [6.07, 6.45) is 8.41. The molecule has 0 spiro atoms. The van der Waals surface area contributed by atoms with Crippen LogP contribution in [0.4, 0.5) is 14.7 Å². The molecule has 0 saturated carbocycles. The number of nitrogens with zero attached hydrogens (tertiary/aromatic N) is 4. The summed E-state index contributed by atoms with van der Waals surface area (Å²) in [6.45, 7) is 3.88. The van der Waals surface area contributed by atoms with E-state index in [1.807, 2.05) is 17.8 Å². The van der Waals surface area contributed by atoms with E-state index in [-0.39, 0.29) is 12.4 Å². The van der Waals surface area contributed by atoms with E-state index in [1.54, 1.807) is 17.6 Å². The Bertz CT molecular complexity index is 998. The van der Waals surface area contributed by atoms with Crippen molar-refractivity contribution < 1.29 is 13.5 Å². The smallest absolute Gasteiger partial charge is 0.225 e. The van der Waals surface area contributed by atoms with Crippen LogP contribution < -0.4 is 9.64 Å². The number of aromatic nitrogens is 3. The highest BCUT2D eigenvalue weighted by Gasteiger charge is 2.24. The van der Waals surface area contributed by atoms with Crippen LogP contribution in [0.5, 0.6) is 5.75 Å². The third-order valence-corrected chi connectivity index (χ3v) is 7.13. The Morgan fingerprint density at radius 2 is 1.84 bits per heavy atom. The molecule has 1 aliphatic heterocycles. The number of ether oxygens (including phenoxy) is 1. The molecule has 0 aliphatic carbocycles. The number of hydrogen-bond acceptors (Lipinski definition) is 7. The van der Waals surface area contributed by atoms with Gasteiger partial charge in [-0.3, -0.25) is 0 Å². The normalized spacial score (nSPS) is 14.8. The van der Waals surface area contributed by atoms with Crippen LogP contribution >= 0.6 is 23.1 Å². The summed E-state index contributed by atoms with van der Waals surface area (Å²) in [5, 5.41) is 2.94. The largest absolute Gasteiger partial charge is 0.481 e. The summed E-state index contributed by atoms with van der Waals surface area (Å²) in [6, 6.07) is 2.56. The van der Waals surface area contributed by atoms with Crippen molar-refractivity contribution in [3.8, 4) is 5.75 Å². The molecule has 0 radical (unpaired) electrons. The zero-order chi connectivity index (χ0) is 21.8. The van der Waals surface area contributed by atoms with E-state index in [1.165, 1.54) is 23.9 Å². The van der Waals surface area contributed by atoms with Gasteiger partial charge in [0.1, 0.15) is 6.61 Å². The van der Waals surface area contributed by atoms with Gasteiger partial charge in [-0.15, -0.1) is 23.1 Å². The standard InChI is InChI=1S/C22H24F2N4OS2/c1-3-14-10-25-22(26-11-14)28-6-4-15(5-7-28)21-27-16(13-31-21)12-29-20-18(23)8-17(30-2)9-19(20)24/h8-11,13,15H,3-7,12H2,1-2H3. The molecule has 4 rings (SSSR count). The molecule has 1 saturated heterocycles. The highest BCUT2D eigenvalue weighted by molar-refractivity contribution is 7.98. The minimum atomic E-state index is -0.693. The molecule has 5 nitrogen and oxygen atoms in total. The Hall–Kier alpha value is -2.26. The van der Waals surface area contributed by atoms with Gasteiger partial charge in [-0.1, -0.05) is 6.92 Å². The van der Waals surface area contributed by atoms with Crippen molar-refractivity contribution >= 4 is 29.0 Å². The van der Waals surface area contributed by atoms with E-state index < -0.39 is 11.6 Å². The topological polar surface area (TPSA) is 51.1 Å². The summed E-state index contributed by atoms with van der Waals surface area (Å²) in [5.41, 5.74) is 1.82. The van der Waals surface area contributed by atoms with Crippen LogP contribution in [0.1, 0.15) is 41.9 Å². The Labute approximate surface area is 188 Å². The minimum Gasteiger partial charge on any atom is -0.481 e. The maximum Gasteiger partial charge on any atom is 0.225 e. The maximum absolute atomic E-state index is 14.1. The second kappa shape index (κ2) is 9.91. The molecule has 164 valence electrons. The average Bonchev–Trinajstić information content (AvgIpc) is 3.27. The summed E-state index contributed by atoms with van der Waals surface area (Å²) >= 11 is 2.86. The molecule has 3 heterocycles. The fraction of sp³-hybridized carbons (Fsp3) is 0.409. The number of halogens is 2. The molecule has 1 aliphatic rings. The molecule has 0 bridgehead atoms. The first kappa shape index (κ1) is 22.0. The fourth-order valence-electron chi connectivity index (χ4n) is 3.54. The number of aryl methyl sites for hydroxylation is 1. The first-order chi connectivity index (χ1) is 15.1. The molecular weight excluding hydrogens is 438 g/mol. The zero-order valence-corrected chi connectivity index (χ0v) is 19.1. The van der Waals surface area contributed by atoms with Gasteiger partial charge in [0.25, 0.3) is 0 Å². The molecule has 0 atom stereocenters. The van der Waals surface area contributed by atoms with Crippen molar-refractivity contribution in [2.45, 2.75) is 43.6 Å². The lowest BCUT2D eigenvalue weighted by atomic mass is 9.98. The highest BCUT2D eigenvalue weighted by atomic mass is 32.2. The predicted octanol–water partition coefficient (Wildman–Crippen LogP) is 5.46. The molecule has 0 N–H and O–H groups in total. The van der Waals surface area contributed by atoms with Gasteiger partial charge >= 0.3 is 0 Å². The number of anilines is 1. The number of benzene rings is 1. The number of rotatable bonds is 7. The second-order valence-electron chi connectivity index (χ2n) is 7.39. The average molecular weight is 463 g/mol. The van der Waals surface area contributed by atoms with Gasteiger partial charge in [-0.2, -0.15) is 0 Å². The van der Waals surface area contributed by atoms with E-state index in [2.05, 4.69) is 26.8 Å². The molecule has 9 heteroatoms. The molecular formula is C22H24F2N4OS2. The number of thioether (sulfide) groups is 1. The summed E-state index contributed by atoms with van der Waals surface area (Å²) in [4.78, 5) is 16.3. The van der Waals surface area contributed by atoms with Gasteiger partial charge in [0.05, 0.1) is 10.7 Å². The number of hydrogen-bond donors (Lipinski definition) is 0. The maximum atomic E-state index is 14.1. The third kappa shape index (κ3) is 5.15. The third-order valence-electron chi connectivity index (χ3n) is 5.37. The lowest BCUT2D eigenvalue weighted by Gasteiger charge is -2.31. The first-order valence-corrected chi connectivity index (χ1v) is 12.3.